The number of carbonyl (C=O) groups excluding carboxylic acids is 2. The van der Waals surface area contributed by atoms with E-state index in [1.165, 1.54) is 54.6 Å². The number of esters is 2. The van der Waals surface area contributed by atoms with Crippen LogP contribution in [0.5, 0.6) is 5.75 Å². The van der Waals surface area contributed by atoms with Crippen LogP contribution in [0, 0.1) is 11.8 Å². The van der Waals surface area contributed by atoms with Crippen LogP contribution in [0.1, 0.15) is 67.3 Å². The van der Waals surface area contributed by atoms with Crippen LogP contribution in [0.4, 0.5) is 33.3 Å². The highest BCUT2D eigenvalue weighted by Gasteiger charge is 2.44. The van der Waals surface area contributed by atoms with Crippen LogP contribution in [-0.4, -0.2) is 37.4 Å². The van der Waals surface area contributed by atoms with Crippen molar-refractivity contribution in [3.05, 3.63) is 59.7 Å². The summed E-state index contributed by atoms with van der Waals surface area (Å²) in [5.74, 6) is -2.26. The molecule has 4 N–H and O–H groups in total. The second-order valence-electron chi connectivity index (χ2n) is 10.3. The van der Waals surface area contributed by atoms with Gasteiger partial charge in [0.25, 0.3) is 0 Å². The molecule has 2 aromatic rings. The number of halogens is 5. The summed E-state index contributed by atoms with van der Waals surface area (Å²) in [5.41, 5.74) is 12.7. The van der Waals surface area contributed by atoms with Gasteiger partial charge in [-0.05, 0) is 80.0 Å². The molecule has 0 saturated heterocycles. The maximum Gasteiger partial charge on any atom is 0.400 e. The summed E-state index contributed by atoms with van der Waals surface area (Å²) < 4.78 is 81.6. The number of benzene rings is 2. The van der Waals surface area contributed by atoms with Crippen molar-refractivity contribution < 1.29 is 45.8 Å². The van der Waals surface area contributed by atoms with Crippen molar-refractivity contribution >= 4 is 29.4 Å². The zero-order chi connectivity index (χ0) is 30.8. The van der Waals surface area contributed by atoms with E-state index in [2.05, 4.69) is 0 Å². The van der Waals surface area contributed by atoms with Gasteiger partial charge in [-0.3, -0.25) is 0 Å². The molecule has 230 valence electrons. The predicted molar refractivity (Wildman–Crippen MR) is 148 cm³/mol. The molecule has 12 heteroatoms. The van der Waals surface area contributed by atoms with Crippen LogP contribution in [-0.2, 0) is 14.3 Å². The molecule has 42 heavy (non-hydrogen) atoms. The van der Waals surface area contributed by atoms with Crippen molar-refractivity contribution in [2.45, 2.75) is 63.7 Å². The molecular weight excluding hydrogens is 563 g/mol. The van der Waals surface area contributed by atoms with Crippen LogP contribution in [0.3, 0.4) is 0 Å². The maximum absolute atomic E-state index is 14.7. The second-order valence-corrected chi connectivity index (χ2v) is 10.3. The molecule has 3 rings (SSSR count). The third kappa shape index (κ3) is 11.2. The lowest BCUT2D eigenvalue weighted by atomic mass is 9.79. The molecule has 0 spiro atoms. The van der Waals surface area contributed by atoms with Gasteiger partial charge in [0.05, 0.1) is 24.7 Å². The topological polar surface area (TPSA) is 114 Å². The number of hydrogen-bond donors (Lipinski definition) is 2. The molecule has 0 atom stereocenters. The van der Waals surface area contributed by atoms with E-state index in [0.717, 1.165) is 0 Å². The van der Waals surface area contributed by atoms with Gasteiger partial charge >= 0.3 is 24.2 Å². The summed E-state index contributed by atoms with van der Waals surface area (Å²) in [7, 11) is 0. The zero-order valence-corrected chi connectivity index (χ0v) is 23.0. The number of anilines is 2. The molecular formula is C30H35F5N2O5. The minimum absolute atomic E-state index is 0.00680. The fraction of sp³-hybridized carbons (Fsp3) is 0.467. The van der Waals surface area contributed by atoms with Crippen molar-refractivity contribution in [1.82, 2.24) is 0 Å². The van der Waals surface area contributed by atoms with Crippen LogP contribution < -0.4 is 16.2 Å². The van der Waals surface area contributed by atoms with Crippen LogP contribution in [0.2, 0.25) is 0 Å². The normalized spacial score (nSPS) is 17.6. The maximum atomic E-state index is 14.7. The zero-order valence-electron chi connectivity index (χ0n) is 23.0. The molecule has 1 saturated carbocycles. The van der Waals surface area contributed by atoms with Gasteiger partial charge < -0.3 is 25.7 Å². The van der Waals surface area contributed by atoms with Gasteiger partial charge in [0, 0.05) is 30.3 Å². The molecule has 0 radical (unpaired) electrons. The van der Waals surface area contributed by atoms with E-state index in [1.54, 1.807) is 0 Å². The van der Waals surface area contributed by atoms with Crippen molar-refractivity contribution in [3.8, 4) is 5.75 Å². The van der Waals surface area contributed by atoms with Gasteiger partial charge in [-0.2, -0.15) is 22.0 Å². The Morgan fingerprint density at radius 2 is 1.48 bits per heavy atom. The summed E-state index contributed by atoms with van der Waals surface area (Å²) in [6.07, 6.45) is -3.87. The molecule has 1 aliphatic rings. The first-order chi connectivity index (χ1) is 19.8. The summed E-state index contributed by atoms with van der Waals surface area (Å²) in [4.78, 5) is 24.0. The Hall–Kier alpha value is -3.83. The van der Waals surface area contributed by atoms with Crippen LogP contribution in [0.15, 0.2) is 48.5 Å². The Labute approximate surface area is 241 Å². The van der Waals surface area contributed by atoms with E-state index in [9.17, 15) is 31.5 Å². The minimum Gasteiger partial charge on any atom is -0.462 e. The number of nitrogen functional groups attached to an aromatic ring is 2. The van der Waals surface area contributed by atoms with Crippen molar-refractivity contribution in [3.63, 3.8) is 0 Å². The lowest BCUT2D eigenvalue weighted by Gasteiger charge is -2.33. The Morgan fingerprint density at radius 1 is 0.857 bits per heavy atom. The Balaban J connectivity index is 1.34. The van der Waals surface area contributed by atoms with Gasteiger partial charge in [0.2, 0.25) is 0 Å². The number of nitrogens with two attached hydrogens (primary N) is 2. The number of ether oxygens (including phenoxy) is 3. The van der Waals surface area contributed by atoms with E-state index in [4.69, 9.17) is 25.7 Å². The van der Waals surface area contributed by atoms with Gasteiger partial charge in [0.1, 0.15) is 5.75 Å². The highest BCUT2D eigenvalue weighted by molar-refractivity contribution is 5.91. The SMILES string of the molecule is Nc1cc(N)cc(C(=O)OCCCOC(=O)/C=C/c2ccc(OC(F)(F)C3CCC(CCCC(F)(F)F)CC3)cc2)c1. The standard InChI is InChI=1S/C30H35F5N2O5/c31-29(32,33)14-1-3-20-4-9-23(10-5-20)30(34,35)42-26-11-6-21(7-12-26)8-13-27(38)40-15-2-16-41-28(39)22-17-24(36)19-25(37)18-22/h6-8,11-13,17-20,23H,1-5,9-10,14-16,36-37H2/b13-8+. The average Bonchev–Trinajstić information content (AvgIpc) is 2.91. The molecule has 0 bridgehead atoms. The number of carbonyl (C=O) groups is 2. The quantitative estimate of drug-likeness (QED) is 0.0827. The third-order valence-corrected chi connectivity index (χ3v) is 6.92. The fourth-order valence-corrected chi connectivity index (χ4v) is 4.75. The minimum atomic E-state index is -4.19. The Kier molecular flexibility index (Phi) is 11.6. The first-order valence-electron chi connectivity index (χ1n) is 13.7. The van der Waals surface area contributed by atoms with Gasteiger partial charge in [0.15, 0.2) is 0 Å². The molecule has 0 amide bonds. The summed E-state index contributed by atoms with van der Waals surface area (Å²) in [6, 6.07) is 10.1. The lowest BCUT2D eigenvalue weighted by molar-refractivity contribution is -0.223. The summed E-state index contributed by atoms with van der Waals surface area (Å²) >= 11 is 0. The highest BCUT2D eigenvalue weighted by atomic mass is 19.4. The first kappa shape index (κ1) is 32.7. The molecule has 0 aliphatic heterocycles. The average molecular weight is 599 g/mol. The molecule has 2 aromatic carbocycles. The number of alkyl halides is 5. The van der Waals surface area contributed by atoms with Gasteiger partial charge in [-0.15, -0.1) is 0 Å². The Bertz CT molecular complexity index is 1190. The smallest absolute Gasteiger partial charge is 0.400 e. The van der Waals surface area contributed by atoms with Crippen molar-refractivity contribution in [1.29, 1.82) is 0 Å². The van der Waals surface area contributed by atoms with E-state index in [1.807, 2.05) is 0 Å². The lowest BCUT2D eigenvalue weighted by Crippen LogP contribution is -2.37. The number of rotatable bonds is 13. The van der Waals surface area contributed by atoms with Crippen LogP contribution in [0.25, 0.3) is 6.08 Å². The fourth-order valence-electron chi connectivity index (χ4n) is 4.75. The Morgan fingerprint density at radius 3 is 2.10 bits per heavy atom. The molecule has 1 fully saturated rings. The third-order valence-electron chi connectivity index (χ3n) is 6.92. The largest absolute Gasteiger partial charge is 0.462 e. The van der Waals surface area contributed by atoms with E-state index >= 15 is 0 Å². The van der Waals surface area contributed by atoms with Crippen molar-refractivity contribution in [2.24, 2.45) is 11.8 Å². The van der Waals surface area contributed by atoms with Crippen molar-refractivity contribution in [2.75, 3.05) is 24.7 Å². The first-order valence-corrected chi connectivity index (χ1v) is 13.7. The van der Waals surface area contributed by atoms with E-state index in [-0.39, 0.29) is 56.1 Å². The monoisotopic (exact) mass is 598 g/mol. The molecule has 0 aromatic heterocycles. The van der Waals surface area contributed by atoms with E-state index in [0.29, 0.717) is 36.2 Å². The second kappa shape index (κ2) is 14.9. The number of hydrogen-bond acceptors (Lipinski definition) is 7. The van der Waals surface area contributed by atoms with Gasteiger partial charge in [-0.25, -0.2) is 9.59 Å². The highest BCUT2D eigenvalue weighted by Crippen LogP contribution is 2.41. The summed E-state index contributed by atoms with van der Waals surface area (Å²) in [6.45, 7) is 0.0207. The van der Waals surface area contributed by atoms with Gasteiger partial charge in [-0.1, -0.05) is 18.6 Å². The molecule has 1 aliphatic carbocycles. The van der Waals surface area contributed by atoms with Crippen LogP contribution >= 0.6 is 0 Å². The predicted octanol–water partition coefficient (Wildman–Crippen LogP) is 7.17. The molecule has 0 unspecified atom stereocenters. The molecule has 0 heterocycles. The van der Waals surface area contributed by atoms with E-state index < -0.39 is 36.6 Å². The summed E-state index contributed by atoms with van der Waals surface area (Å²) in [5, 5.41) is 0. The molecule has 7 nitrogen and oxygen atoms in total.